The van der Waals surface area contributed by atoms with Crippen molar-refractivity contribution in [3.05, 3.63) is 88.5 Å². The van der Waals surface area contributed by atoms with Gasteiger partial charge in [0.25, 0.3) is 0 Å². The smallest absolute Gasteiger partial charge is 0.00869 e. The maximum absolute atomic E-state index is 2.39. The van der Waals surface area contributed by atoms with Crippen LogP contribution in [0, 0.1) is 19.8 Å². The van der Waals surface area contributed by atoms with Gasteiger partial charge in [-0.1, -0.05) is 73.2 Å². The third-order valence-corrected chi connectivity index (χ3v) is 5.10. The van der Waals surface area contributed by atoms with Crippen molar-refractivity contribution in [2.75, 3.05) is 0 Å². The highest BCUT2D eigenvalue weighted by Gasteiger charge is 2.25. The number of allylic oxidation sites excluding steroid dienone is 4. The van der Waals surface area contributed by atoms with E-state index < -0.39 is 0 Å². The number of hydrogen-bond acceptors (Lipinski definition) is 0. The van der Waals surface area contributed by atoms with E-state index in [9.17, 15) is 0 Å². The van der Waals surface area contributed by atoms with Crippen LogP contribution in [0.4, 0.5) is 0 Å². The second kappa shape index (κ2) is 5.96. The van der Waals surface area contributed by atoms with E-state index in [2.05, 4.69) is 88.4 Å². The van der Waals surface area contributed by atoms with Gasteiger partial charge in [-0.05, 0) is 54.5 Å². The average molecular weight is 288 g/mol. The van der Waals surface area contributed by atoms with Crippen LogP contribution in [0.5, 0.6) is 0 Å². The summed E-state index contributed by atoms with van der Waals surface area (Å²) in [6.45, 7) is 9.06. The summed E-state index contributed by atoms with van der Waals surface area (Å²) in [4.78, 5) is 0. The fourth-order valence-corrected chi connectivity index (χ4v) is 3.52. The molecule has 0 saturated heterocycles. The third-order valence-electron chi connectivity index (χ3n) is 5.10. The van der Waals surface area contributed by atoms with Crippen molar-refractivity contribution < 1.29 is 0 Å². The van der Waals surface area contributed by atoms with Crippen molar-refractivity contribution >= 4 is 5.57 Å². The van der Waals surface area contributed by atoms with Crippen molar-refractivity contribution in [3.8, 4) is 0 Å². The van der Waals surface area contributed by atoms with Gasteiger partial charge in [0.05, 0.1) is 0 Å². The Bertz CT molecular complexity index is 746. The Morgan fingerprint density at radius 3 is 2.09 bits per heavy atom. The molecule has 2 aromatic carbocycles. The standard InChI is InChI=1S/C22H24/c1-15-9-5-7-11-19(15)21-13-14-22(18(4)17(21)3)20-12-8-6-10-16(20)2/h5-14,17,21H,1-4H3. The van der Waals surface area contributed by atoms with Gasteiger partial charge in [0, 0.05) is 5.92 Å². The van der Waals surface area contributed by atoms with Gasteiger partial charge in [0.15, 0.2) is 0 Å². The summed E-state index contributed by atoms with van der Waals surface area (Å²) < 4.78 is 0. The van der Waals surface area contributed by atoms with E-state index in [-0.39, 0.29) is 0 Å². The molecule has 0 bridgehead atoms. The van der Waals surface area contributed by atoms with Gasteiger partial charge in [0.1, 0.15) is 0 Å². The minimum atomic E-state index is 0.481. The highest BCUT2D eigenvalue weighted by atomic mass is 14.3. The molecule has 0 aromatic heterocycles. The second-order valence-electron chi connectivity index (χ2n) is 6.44. The first-order valence-electron chi connectivity index (χ1n) is 8.10. The third kappa shape index (κ3) is 2.54. The molecule has 1 aliphatic carbocycles. The molecule has 2 aromatic rings. The number of benzene rings is 2. The summed E-state index contributed by atoms with van der Waals surface area (Å²) in [5.74, 6) is 1.01. The van der Waals surface area contributed by atoms with Crippen molar-refractivity contribution in [2.45, 2.75) is 33.6 Å². The lowest BCUT2D eigenvalue weighted by atomic mass is 9.75. The SMILES string of the molecule is CC1=C(c2ccccc2C)C=CC(c2ccccc2C)C1C. The van der Waals surface area contributed by atoms with Crippen molar-refractivity contribution in [2.24, 2.45) is 5.92 Å². The minimum Gasteiger partial charge on any atom is -0.0758 e. The highest BCUT2D eigenvalue weighted by molar-refractivity contribution is 5.80. The van der Waals surface area contributed by atoms with Crippen molar-refractivity contribution in [1.82, 2.24) is 0 Å². The summed E-state index contributed by atoms with van der Waals surface area (Å²) in [6, 6.07) is 17.4. The van der Waals surface area contributed by atoms with E-state index in [4.69, 9.17) is 0 Å². The second-order valence-corrected chi connectivity index (χ2v) is 6.44. The van der Waals surface area contributed by atoms with Crippen LogP contribution in [0.3, 0.4) is 0 Å². The minimum absolute atomic E-state index is 0.481. The zero-order chi connectivity index (χ0) is 15.7. The normalized spacial score (nSPS) is 21.3. The van der Waals surface area contributed by atoms with E-state index in [1.54, 1.807) is 0 Å². The number of aryl methyl sites for hydroxylation is 2. The van der Waals surface area contributed by atoms with Gasteiger partial charge < -0.3 is 0 Å². The average Bonchev–Trinajstić information content (AvgIpc) is 2.52. The predicted molar refractivity (Wildman–Crippen MR) is 96.0 cm³/mol. The lowest BCUT2D eigenvalue weighted by Gasteiger charge is -2.29. The van der Waals surface area contributed by atoms with Gasteiger partial charge >= 0.3 is 0 Å². The predicted octanol–water partition coefficient (Wildman–Crippen LogP) is 6.07. The molecular formula is C22H24. The topological polar surface area (TPSA) is 0 Å². The first-order valence-corrected chi connectivity index (χ1v) is 8.10. The molecule has 0 heterocycles. The maximum Gasteiger partial charge on any atom is 0.00869 e. The van der Waals surface area contributed by atoms with Crippen LogP contribution in [-0.4, -0.2) is 0 Å². The van der Waals surface area contributed by atoms with Crippen LogP contribution in [0.1, 0.15) is 42.0 Å². The summed E-state index contributed by atoms with van der Waals surface area (Å²) in [7, 11) is 0. The molecule has 0 spiro atoms. The Balaban J connectivity index is 2.01. The number of rotatable bonds is 2. The van der Waals surface area contributed by atoms with Gasteiger partial charge in [-0.15, -0.1) is 0 Å². The summed E-state index contributed by atoms with van der Waals surface area (Å²) in [5.41, 5.74) is 8.44. The van der Waals surface area contributed by atoms with E-state index in [1.165, 1.54) is 33.4 Å². The molecule has 0 saturated carbocycles. The first-order chi connectivity index (χ1) is 10.6. The Hall–Kier alpha value is -2.08. The summed E-state index contributed by atoms with van der Waals surface area (Å²) in [6.07, 6.45) is 4.72. The monoisotopic (exact) mass is 288 g/mol. The van der Waals surface area contributed by atoms with E-state index in [0.717, 1.165) is 0 Å². The zero-order valence-electron chi connectivity index (χ0n) is 13.9. The van der Waals surface area contributed by atoms with Crippen LogP contribution in [0.25, 0.3) is 5.57 Å². The fourth-order valence-electron chi connectivity index (χ4n) is 3.52. The van der Waals surface area contributed by atoms with Crippen LogP contribution in [0.2, 0.25) is 0 Å². The first kappa shape index (κ1) is 14.8. The number of hydrogen-bond donors (Lipinski definition) is 0. The van der Waals surface area contributed by atoms with Crippen molar-refractivity contribution in [3.63, 3.8) is 0 Å². The van der Waals surface area contributed by atoms with Gasteiger partial charge in [-0.2, -0.15) is 0 Å². The molecule has 2 atom stereocenters. The van der Waals surface area contributed by atoms with Gasteiger partial charge in [-0.25, -0.2) is 0 Å². The highest BCUT2D eigenvalue weighted by Crippen LogP contribution is 2.41. The van der Waals surface area contributed by atoms with Gasteiger partial charge in [0.2, 0.25) is 0 Å². The molecule has 0 heteroatoms. The quantitative estimate of drug-likeness (QED) is 0.629. The zero-order valence-corrected chi connectivity index (χ0v) is 13.9. The summed E-state index contributed by atoms with van der Waals surface area (Å²) in [5, 5.41) is 0. The Morgan fingerprint density at radius 2 is 1.41 bits per heavy atom. The maximum atomic E-state index is 2.39. The van der Waals surface area contributed by atoms with Crippen LogP contribution in [-0.2, 0) is 0 Å². The molecule has 0 fully saturated rings. The molecule has 3 rings (SSSR count). The van der Waals surface area contributed by atoms with Gasteiger partial charge in [-0.3, -0.25) is 0 Å². The van der Waals surface area contributed by atoms with E-state index in [1.807, 2.05) is 0 Å². The Labute approximate surface area is 134 Å². The van der Waals surface area contributed by atoms with Crippen LogP contribution < -0.4 is 0 Å². The molecular weight excluding hydrogens is 264 g/mol. The molecule has 112 valence electrons. The Kier molecular flexibility index (Phi) is 4.02. The molecule has 0 aliphatic heterocycles. The molecule has 0 radical (unpaired) electrons. The molecule has 0 amide bonds. The molecule has 22 heavy (non-hydrogen) atoms. The van der Waals surface area contributed by atoms with E-state index >= 15 is 0 Å². The molecule has 2 unspecified atom stereocenters. The van der Waals surface area contributed by atoms with Crippen LogP contribution in [0.15, 0.2) is 66.3 Å². The lowest BCUT2D eigenvalue weighted by Crippen LogP contribution is -2.15. The largest absolute Gasteiger partial charge is 0.0758 e. The Morgan fingerprint density at radius 1 is 0.773 bits per heavy atom. The molecule has 1 aliphatic rings. The van der Waals surface area contributed by atoms with Crippen molar-refractivity contribution in [1.29, 1.82) is 0 Å². The summed E-state index contributed by atoms with van der Waals surface area (Å²) >= 11 is 0. The fraction of sp³-hybridized carbons (Fsp3) is 0.273. The van der Waals surface area contributed by atoms with Crippen LogP contribution >= 0.6 is 0 Å². The lowest BCUT2D eigenvalue weighted by molar-refractivity contribution is 0.599. The molecule has 0 N–H and O–H groups in total. The molecule has 0 nitrogen and oxygen atoms in total. The van der Waals surface area contributed by atoms with E-state index in [0.29, 0.717) is 11.8 Å².